The van der Waals surface area contributed by atoms with Gasteiger partial charge in [0.15, 0.2) is 5.16 Å². The van der Waals surface area contributed by atoms with Crippen molar-refractivity contribution in [2.75, 3.05) is 5.32 Å². The summed E-state index contributed by atoms with van der Waals surface area (Å²) in [5.74, 6) is -0.106. The summed E-state index contributed by atoms with van der Waals surface area (Å²) in [5, 5.41) is 5.04. The van der Waals surface area contributed by atoms with Crippen molar-refractivity contribution in [1.82, 2.24) is 9.55 Å². The zero-order chi connectivity index (χ0) is 18.8. The maximum absolute atomic E-state index is 12.6. The molecule has 5 nitrogen and oxygen atoms in total. The van der Waals surface area contributed by atoms with E-state index in [2.05, 4.69) is 10.3 Å². The fourth-order valence-electron chi connectivity index (χ4n) is 2.61. The van der Waals surface area contributed by atoms with E-state index in [1.54, 1.807) is 4.57 Å². The molecular formula is C19H21N3O2S2. The van der Waals surface area contributed by atoms with Gasteiger partial charge in [0, 0.05) is 12.2 Å². The van der Waals surface area contributed by atoms with E-state index in [-0.39, 0.29) is 16.7 Å². The van der Waals surface area contributed by atoms with Gasteiger partial charge >= 0.3 is 0 Å². The second-order valence-electron chi connectivity index (χ2n) is 6.15. The molecule has 0 radical (unpaired) electrons. The zero-order valence-electron chi connectivity index (χ0n) is 15.2. The van der Waals surface area contributed by atoms with Gasteiger partial charge in [-0.3, -0.25) is 14.2 Å². The molecule has 136 valence electrons. The van der Waals surface area contributed by atoms with Crippen LogP contribution in [0.5, 0.6) is 0 Å². The first kappa shape index (κ1) is 18.7. The van der Waals surface area contributed by atoms with Crippen LogP contribution in [0.1, 0.15) is 25.0 Å². The molecule has 0 fully saturated rings. The Balaban J connectivity index is 1.84. The van der Waals surface area contributed by atoms with Crippen molar-refractivity contribution >= 4 is 44.9 Å². The smallest absolute Gasteiger partial charge is 0.272 e. The maximum atomic E-state index is 12.6. The predicted molar refractivity (Wildman–Crippen MR) is 109 cm³/mol. The number of amides is 1. The molecule has 1 aromatic carbocycles. The van der Waals surface area contributed by atoms with Crippen LogP contribution in [0.2, 0.25) is 0 Å². The Morgan fingerprint density at radius 1 is 1.35 bits per heavy atom. The molecule has 0 aliphatic carbocycles. The molecule has 3 rings (SSSR count). The molecule has 0 unspecified atom stereocenters. The molecule has 1 N–H and O–H groups in total. The number of carbonyl (C=O) groups is 1. The SMILES string of the molecule is CCn1c(S[C@H](C)C(=O)Nc2cc(C)ccc2C)nc2ccsc2c1=O. The molecule has 0 spiro atoms. The fourth-order valence-corrected chi connectivity index (χ4v) is 4.36. The fraction of sp³-hybridized carbons (Fsp3) is 0.316. The molecule has 26 heavy (non-hydrogen) atoms. The third-order valence-electron chi connectivity index (χ3n) is 4.15. The highest BCUT2D eigenvalue weighted by Crippen LogP contribution is 2.25. The van der Waals surface area contributed by atoms with E-state index in [1.165, 1.54) is 23.1 Å². The van der Waals surface area contributed by atoms with Crippen LogP contribution in [0.3, 0.4) is 0 Å². The van der Waals surface area contributed by atoms with Crippen molar-refractivity contribution < 1.29 is 4.79 Å². The molecule has 1 atom stereocenters. The van der Waals surface area contributed by atoms with Gasteiger partial charge in [0.05, 0.1) is 10.8 Å². The Kier molecular flexibility index (Phi) is 5.48. The molecule has 2 aromatic heterocycles. The Morgan fingerprint density at radius 3 is 2.85 bits per heavy atom. The molecule has 2 heterocycles. The van der Waals surface area contributed by atoms with Crippen LogP contribution in [0.15, 0.2) is 39.6 Å². The van der Waals surface area contributed by atoms with Gasteiger partial charge in [0.25, 0.3) is 5.56 Å². The van der Waals surface area contributed by atoms with Crippen molar-refractivity contribution in [2.45, 2.75) is 44.6 Å². The predicted octanol–water partition coefficient (Wildman–Crippen LogP) is 4.21. The van der Waals surface area contributed by atoms with Crippen LogP contribution in [-0.4, -0.2) is 20.7 Å². The number of aryl methyl sites for hydroxylation is 2. The number of carbonyl (C=O) groups excluding carboxylic acids is 1. The van der Waals surface area contributed by atoms with Crippen LogP contribution in [0.4, 0.5) is 5.69 Å². The second-order valence-corrected chi connectivity index (χ2v) is 8.37. The summed E-state index contributed by atoms with van der Waals surface area (Å²) in [7, 11) is 0. The number of aromatic nitrogens is 2. The summed E-state index contributed by atoms with van der Waals surface area (Å²) in [6.07, 6.45) is 0. The third-order valence-corrected chi connectivity index (χ3v) is 6.13. The molecular weight excluding hydrogens is 366 g/mol. The summed E-state index contributed by atoms with van der Waals surface area (Å²) < 4.78 is 2.29. The summed E-state index contributed by atoms with van der Waals surface area (Å²) in [5.41, 5.74) is 3.57. The van der Waals surface area contributed by atoms with E-state index in [9.17, 15) is 9.59 Å². The maximum Gasteiger partial charge on any atom is 0.272 e. The Hall–Kier alpha value is -2.12. The van der Waals surface area contributed by atoms with Gasteiger partial charge in [-0.05, 0) is 56.3 Å². The van der Waals surface area contributed by atoms with E-state index in [1.807, 2.05) is 57.3 Å². The minimum absolute atomic E-state index is 0.0443. The topological polar surface area (TPSA) is 64.0 Å². The summed E-state index contributed by atoms with van der Waals surface area (Å²) in [4.78, 5) is 29.8. The highest BCUT2D eigenvalue weighted by Gasteiger charge is 2.20. The summed E-state index contributed by atoms with van der Waals surface area (Å²) in [6, 6.07) is 7.81. The molecule has 0 saturated heterocycles. The van der Waals surface area contributed by atoms with Crippen molar-refractivity contribution in [3.8, 4) is 0 Å². The highest BCUT2D eigenvalue weighted by molar-refractivity contribution is 8.00. The molecule has 1 amide bonds. The number of hydrogen-bond donors (Lipinski definition) is 1. The molecule has 0 aliphatic rings. The van der Waals surface area contributed by atoms with Gasteiger partial charge in [-0.1, -0.05) is 23.9 Å². The average molecular weight is 388 g/mol. The highest BCUT2D eigenvalue weighted by atomic mass is 32.2. The molecule has 3 aromatic rings. The minimum Gasteiger partial charge on any atom is -0.325 e. The number of rotatable bonds is 5. The van der Waals surface area contributed by atoms with E-state index in [0.29, 0.717) is 21.9 Å². The standard InChI is InChI=1S/C19H21N3O2S2/c1-5-22-18(24)16-14(8-9-25-16)21-19(22)26-13(4)17(23)20-15-10-11(2)6-7-12(15)3/h6-10,13H,5H2,1-4H3,(H,20,23)/t13-/m1/s1. The zero-order valence-corrected chi connectivity index (χ0v) is 16.8. The quantitative estimate of drug-likeness (QED) is 0.526. The Bertz CT molecular complexity index is 1020. The number of fused-ring (bicyclic) bond motifs is 1. The van der Waals surface area contributed by atoms with Gasteiger partial charge in [0.2, 0.25) is 5.91 Å². The van der Waals surface area contributed by atoms with Crippen LogP contribution >= 0.6 is 23.1 Å². The lowest BCUT2D eigenvalue weighted by Gasteiger charge is -2.16. The normalized spacial score (nSPS) is 12.3. The van der Waals surface area contributed by atoms with Crippen LogP contribution < -0.4 is 10.9 Å². The van der Waals surface area contributed by atoms with E-state index >= 15 is 0 Å². The largest absolute Gasteiger partial charge is 0.325 e. The first-order chi connectivity index (χ1) is 12.4. The van der Waals surface area contributed by atoms with Crippen molar-refractivity contribution in [3.63, 3.8) is 0 Å². The Morgan fingerprint density at radius 2 is 2.12 bits per heavy atom. The van der Waals surface area contributed by atoms with Gasteiger partial charge < -0.3 is 5.32 Å². The van der Waals surface area contributed by atoms with Gasteiger partial charge in [-0.2, -0.15) is 0 Å². The molecule has 0 saturated carbocycles. The van der Waals surface area contributed by atoms with E-state index in [4.69, 9.17) is 0 Å². The monoisotopic (exact) mass is 387 g/mol. The van der Waals surface area contributed by atoms with Crippen LogP contribution in [-0.2, 0) is 11.3 Å². The van der Waals surface area contributed by atoms with Crippen molar-refractivity contribution in [1.29, 1.82) is 0 Å². The number of benzene rings is 1. The lowest BCUT2D eigenvalue weighted by molar-refractivity contribution is -0.115. The van der Waals surface area contributed by atoms with Crippen molar-refractivity contribution in [2.24, 2.45) is 0 Å². The minimum atomic E-state index is -0.379. The first-order valence-electron chi connectivity index (χ1n) is 8.43. The summed E-state index contributed by atoms with van der Waals surface area (Å²) in [6.45, 7) is 8.22. The van der Waals surface area contributed by atoms with E-state index < -0.39 is 0 Å². The number of thioether (sulfide) groups is 1. The first-order valence-corrected chi connectivity index (χ1v) is 10.2. The number of thiophene rings is 1. The van der Waals surface area contributed by atoms with Gasteiger partial charge in [0.1, 0.15) is 4.70 Å². The van der Waals surface area contributed by atoms with Gasteiger partial charge in [-0.15, -0.1) is 11.3 Å². The Labute approximate surface area is 160 Å². The molecule has 7 heteroatoms. The van der Waals surface area contributed by atoms with E-state index in [0.717, 1.165) is 16.8 Å². The second kappa shape index (κ2) is 7.63. The third kappa shape index (κ3) is 3.68. The lowest BCUT2D eigenvalue weighted by atomic mass is 10.1. The van der Waals surface area contributed by atoms with Crippen LogP contribution in [0, 0.1) is 13.8 Å². The lowest BCUT2D eigenvalue weighted by Crippen LogP contribution is -2.26. The average Bonchev–Trinajstić information content (AvgIpc) is 3.07. The van der Waals surface area contributed by atoms with Crippen molar-refractivity contribution in [3.05, 3.63) is 51.1 Å². The molecule has 0 bridgehead atoms. The van der Waals surface area contributed by atoms with Crippen LogP contribution in [0.25, 0.3) is 10.2 Å². The van der Waals surface area contributed by atoms with Gasteiger partial charge in [-0.25, -0.2) is 4.98 Å². The molecule has 0 aliphatic heterocycles. The number of nitrogens with one attached hydrogen (secondary N) is 1. The number of nitrogens with zero attached hydrogens (tertiary/aromatic N) is 2. The number of hydrogen-bond acceptors (Lipinski definition) is 5. The number of anilines is 1. The summed E-state index contributed by atoms with van der Waals surface area (Å²) >= 11 is 2.71.